The van der Waals surface area contributed by atoms with Crippen molar-refractivity contribution in [3.05, 3.63) is 0 Å². The molecule has 6 heteroatoms. The van der Waals surface area contributed by atoms with Crippen LogP contribution in [0.15, 0.2) is 0 Å². The van der Waals surface area contributed by atoms with Crippen LogP contribution in [0, 0.1) is 0 Å². The summed E-state index contributed by atoms with van der Waals surface area (Å²) < 4.78 is 0. The molecule has 1 amide bonds. The van der Waals surface area contributed by atoms with Gasteiger partial charge >= 0.3 is 5.97 Å². The average Bonchev–Trinajstić information content (AvgIpc) is 2.08. The summed E-state index contributed by atoms with van der Waals surface area (Å²) in [5, 5.41) is 8.53. The lowest BCUT2D eigenvalue weighted by Crippen LogP contribution is -2.48. The van der Waals surface area contributed by atoms with Crippen LogP contribution >= 0.6 is 11.8 Å². The van der Waals surface area contributed by atoms with Crippen LogP contribution < -0.4 is 5.73 Å². The first-order chi connectivity index (χ1) is 6.11. The molecule has 5 nitrogen and oxygen atoms in total. The third kappa shape index (κ3) is 2.89. The molecule has 0 bridgehead atoms. The van der Waals surface area contributed by atoms with Gasteiger partial charge in [0.25, 0.3) is 0 Å². The van der Waals surface area contributed by atoms with Crippen LogP contribution in [0.3, 0.4) is 0 Å². The van der Waals surface area contributed by atoms with E-state index < -0.39 is 12.0 Å². The Bertz CT molecular complexity index is 222. The highest BCUT2D eigenvalue weighted by Crippen LogP contribution is 2.10. The molecule has 3 N–H and O–H groups in total. The van der Waals surface area contributed by atoms with Crippen LogP contribution in [0.4, 0.5) is 0 Å². The van der Waals surface area contributed by atoms with Gasteiger partial charge in [-0.2, -0.15) is 11.8 Å². The molecule has 1 fully saturated rings. The van der Waals surface area contributed by atoms with E-state index in [0.29, 0.717) is 12.3 Å². The molecule has 0 aromatic heterocycles. The Balaban J connectivity index is 2.42. The van der Waals surface area contributed by atoms with Crippen LogP contribution in [0.5, 0.6) is 0 Å². The van der Waals surface area contributed by atoms with Gasteiger partial charge < -0.3 is 15.7 Å². The highest BCUT2D eigenvalue weighted by molar-refractivity contribution is 8.00. The zero-order valence-corrected chi connectivity index (χ0v) is 7.92. The largest absolute Gasteiger partial charge is 0.480 e. The second-order valence-corrected chi connectivity index (χ2v) is 3.94. The Labute approximate surface area is 80.3 Å². The number of thioether (sulfide) groups is 1. The highest BCUT2D eigenvalue weighted by Gasteiger charge is 2.23. The van der Waals surface area contributed by atoms with Gasteiger partial charge in [-0.3, -0.25) is 9.59 Å². The standard InChI is InChI=1S/C7H12N2O3S/c8-5(7(11)12)3-9-1-2-13-4-6(9)10/h5H,1-4,8H2,(H,11,12). The second kappa shape index (κ2) is 4.48. The molecule has 74 valence electrons. The van der Waals surface area contributed by atoms with Crippen molar-refractivity contribution in [2.24, 2.45) is 5.73 Å². The van der Waals surface area contributed by atoms with Crippen molar-refractivity contribution in [1.29, 1.82) is 0 Å². The topological polar surface area (TPSA) is 83.6 Å². The minimum Gasteiger partial charge on any atom is -0.480 e. The molecular formula is C7H12N2O3S. The number of carboxylic acids is 1. The number of hydrogen-bond acceptors (Lipinski definition) is 4. The first-order valence-corrected chi connectivity index (χ1v) is 5.10. The molecule has 1 atom stereocenters. The maximum atomic E-state index is 11.2. The Morgan fingerprint density at radius 2 is 2.46 bits per heavy atom. The van der Waals surface area contributed by atoms with Gasteiger partial charge in [-0.1, -0.05) is 0 Å². The minimum absolute atomic E-state index is 0.0204. The molecule has 1 aliphatic heterocycles. The molecule has 0 aliphatic carbocycles. The first-order valence-electron chi connectivity index (χ1n) is 3.95. The average molecular weight is 204 g/mol. The van der Waals surface area contributed by atoms with Crippen LogP contribution in [-0.4, -0.2) is 52.5 Å². The summed E-state index contributed by atoms with van der Waals surface area (Å²) in [5.74, 6) is 0.212. The monoisotopic (exact) mass is 204 g/mol. The van der Waals surface area contributed by atoms with Gasteiger partial charge in [0, 0.05) is 18.8 Å². The van der Waals surface area contributed by atoms with E-state index in [9.17, 15) is 9.59 Å². The molecule has 1 saturated heterocycles. The van der Waals surface area contributed by atoms with Gasteiger partial charge in [-0.05, 0) is 0 Å². The molecule has 1 aliphatic rings. The molecule has 0 spiro atoms. The number of nitrogens with zero attached hydrogens (tertiary/aromatic N) is 1. The van der Waals surface area contributed by atoms with Crippen LogP contribution in [-0.2, 0) is 9.59 Å². The maximum Gasteiger partial charge on any atom is 0.322 e. The van der Waals surface area contributed by atoms with Gasteiger partial charge in [0.05, 0.1) is 5.75 Å². The molecular weight excluding hydrogens is 192 g/mol. The quantitative estimate of drug-likeness (QED) is 0.614. The Morgan fingerprint density at radius 3 is 3.00 bits per heavy atom. The highest BCUT2D eigenvalue weighted by atomic mass is 32.2. The summed E-state index contributed by atoms with van der Waals surface area (Å²) in [7, 11) is 0. The van der Waals surface area contributed by atoms with Crippen molar-refractivity contribution < 1.29 is 14.7 Å². The summed E-state index contributed by atoms with van der Waals surface area (Å²) in [6, 6.07) is -0.966. The smallest absolute Gasteiger partial charge is 0.322 e. The minimum atomic E-state index is -1.06. The summed E-state index contributed by atoms with van der Waals surface area (Å²) >= 11 is 1.56. The SMILES string of the molecule is NC(CN1CCSCC1=O)C(=O)O. The molecule has 0 radical (unpaired) electrons. The zero-order valence-electron chi connectivity index (χ0n) is 7.10. The Kier molecular flexibility index (Phi) is 3.56. The van der Waals surface area contributed by atoms with Gasteiger partial charge in [0.1, 0.15) is 6.04 Å². The summed E-state index contributed by atoms with van der Waals surface area (Å²) in [4.78, 5) is 23.1. The Morgan fingerprint density at radius 1 is 1.77 bits per heavy atom. The van der Waals surface area contributed by atoms with Crippen molar-refractivity contribution in [1.82, 2.24) is 4.90 Å². The third-order valence-corrected chi connectivity index (χ3v) is 2.74. The van der Waals surface area contributed by atoms with Crippen LogP contribution in [0.1, 0.15) is 0 Å². The van der Waals surface area contributed by atoms with E-state index in [4.69, 9.17) is 10.8 Å². The first kappa shape index (κ1) is 10.3. The number of carbonyl (C=O) groups excluding carboxylic acids is 1. The predicted molar refractivity (Wildman–Crippen MR) is 49.5 cm³/mol. The Hall–Kier alpha value is -0.750. The zero-order chi connectivity index (χ0) is 9.84. The van der Waals surface area contributed by atoms with Crippen molar-refractivity contribution in [2.75, 3.05) is 24.6 Å². The maximum absolute atomic E-state index is 11.2. The predicted octanol–water partition coefficient (Wildman–Crippen LogP) is -1.03. The van der Waals surface area contributed by atoms with E-state index in [1.807, 2.05) is 0 Å². The molecule has 0 saturated carbocycles. The number of rotatable bonds is 3. The fourth-order valence-electron chi connectivity index (χ4n) is 1.06. The number of aliphatic carboxylic acids is 1. The number of carboxylic acid groups (broad SMARTS) is 1. The van der Waals surface area contributed by atoms with E-state index in [-0.39, 0.29) is 12.5 Å². The van der Waals surface area contributed by atoms with E-state index in [1.165, 1.54) is 4.90 Å². The van der Waals surface area contributed by atoms with Crippen LogP contribution in [0.2, 0.25) is 0 Å². The van der Waals surface area contributed by atoms with E-state index in [1.54, 1.807) is 11.8 Å². The van der Waals surface area contributed by atoms with E-state index in [0.717, 1.165) is 5.75 Å². The van der Waals surface area contributed by atoms with Gasteiger partial charge in [0.15, 0.2) is 0 Å². The fraction of sp³-hybridized carbons (Fsp3) is 0.714. The summed E-state index contributed by atoms with van der Waals surface area (Å²) in [6.07, 6.45) is 0. The van der Waals surface area contributed by atoms with Gasteiger partial charge in [-0.25, -0.2) is 0 Å². The molecule has 1 heterocycles. The molecule has 0 aromatic rings. The van der Waals surface area contributed by atoms with Crippen molar-refractivity contribution in [3.63, 3.8) is 0 Å². The fourth-order valence-corrected chi connectivity index (χ4v) is 1.91. The van der Waals surface area contributed by atoms with Crippen LogP contribution in [0.25, 0.3) is 0 Å². The van der Waals surface area contributed by atoms with Gasteiger partial charge in [0.2, 0.25) is 5.91 Å². The van der Waals surface area contributed by atoms with Crippen molar-refractivity contribution >= 4 is 23.6 Å². The van der Waals surface area contributed by atoms with Crippen molar-refractivity contribution in [3.8, 4) is 0 Å². The number of hydrogen-bond donors (Lipinski definition) is 2. The molecule has 1 unspecified atom stereocenters. The normalized spacial score (nSPS) is 20.1. The van der Waals surface area contributed by atoms with Gasteiger partial charge in [-0.15, -0.1) is 0 Å². The molecule has 0 aromatic carbocycles. The number of carbonyl (C=O) groups is 2. The molecule has 13 heavy (non-hydrogen) atoms. The summed E-state index contributed by atoms with van der Waals surface area (Å²) in [5.41, 5.74) is 5.31. The van der Waals surface area contributed by atoms with E-state index >= 15 is 0 Å². The second-order valence-electron chi connectivity index (χ2n) is 2.84. The third-order valence-electron chi connectivity index (χ3n) is 1.82. The lowest BCUT2D eigenvalue weighted by Gasteiger charge is -2.27. The lowest BCUT2D eigenvalue weighted by molar-refractivity contribution is -0.139. The van der Waals surface area contributed by atoms with E-state index in [2.05, 4.69) is 0 Å². The lowest BCUT2D eigenvalue weighted by atomic mass is 10.3. The molecule has 1 rings (SSSR count). The van der Waals surface area contributed by atoms with Crippen molar-refractivity contribution in [2.45, 2.75) is 6.04 Å². The number of nitrogens with two attached hydrogens (primary N) is 1. The number of amides is 1. The summed E-state index contributed by atoms with van der Waals surface area (Å²) in [6.45, 7) is 0.721.